The van der Waals surface area contributed by atoms with Crippen molar-refractivity contribution in [1.29, 1.82) is 0 Å². The lowest BCUT2D eigenvalue weighted by Crippen LogP contribution is -2.11. The fourth-order valence-corrected chi connectivity index (χ4v) is 1.55. The predicted octanol–water partition coefficient (Wildman–Crippen LogP) is 2.55. The zero-order valence-electron chi connectivity index (χ0n) is 10.0. The van der Waals surface area contributed by atoms with Crippen molar-refractivity contribution < 1.29 is 25.5 Å². The molecule has 0 aliphatic heterocycles. The maximum Gasteiger partial charge on any atom is 0.195 e. The lowest BCUT2D eigenvalue weighted by Gasteiger charge is -2.09. The highest BCUT2D eigenvalue weighted by molar-refractivity contribution is 5.99. The van der Waals surface area contributed by atoms with Gasteiger partial charge in [0.05, 0.1) is 0 Å². The number of rotatable bonds is 3. The van der Waals surface area contributed by atoms with Gasteiger partial charge < -0.3 is 5.11 Å². The summed E-state index contributed by atoms with van der Waals surface area (Å²) in [5.41, 5.74) is 1.15. The first kappa shape index (κ1) is 15.0. The van der Waals surface area contributed by atoms with Gasteiger partial charge in [0.2, 0.25) is 0 Å². The number of carbonyl (C=O) groups excluding carboxylic acids is 1. The highest BCUT2D eigenvalue weighted by Crippen LogP contribution is 2.17. The minimum absolute atomic E-state index is 0.271. The van der Waals surface area contributed by atoms with E-state index in [0.29, 0.717) is 11.1 Å². The third-order valence-corrected chi connectivity index (χ3v) is 2.42. The first-order valence-electron chi connectivity index (χ1n) is 5.48. The number of aliphatic hydroxyl groups is 1. The van der Waals surface area contributed by atoms with Crippen LogP contribution in [0.15, 0.2) is 60.7 Å². The zero-order chi connectivity index (χ0) is 14.1. The van der Waals surface area contributed by atoms with Crippen molar-refractivity contribution in [2.45, 2.75) is 6.10 Å². The second kappa shape index (κ2) is 8.12. The molecule has 2 aromatic rings. The van der Waals surface area contributed by atoms with E-state index in [1.165, 1.54) is 0 Å². The summed E-state index contributed by atoms with van der Waals surface area (Å²) in [5.74, 6) is -0.271. The summed E-state index contributed by atoms with van der Waals surface area (Å²) in [6.45, 7) is 0. The van der Waals surface area contributed by atoms with Gasteiger partial charge in [0.1, 0.15) is 6.10 Å². The lowest BCUT2D eigenvalue weighted by atomic mass is 10.0. The molecule has 19 heavy (non-hydrogen) atoms. The summed E-state index contributed by atoms with van der Waals surface area (Å²) >= 11 is 0. The highest BCUT2D eigenvalue weighted by atomic mass is 17.4. The van der Waals surface area contributed by atoms with Crippen molar-refractivity contribution in [3.8, 4) is 0 Å². The molecule has 2 aromatic carbocycles. The molecular formula is C14H14O5. The Balaban J connectivity index is 0.000000550. The van der Waals surface area contributed by atoms with Crippen molar-refractivity contribution in [2.24, 2.45) is 0 Å². The topological polar surface area (TPSA) is 87.0 Å². The van der Waals surface area contributed by atoms with E-state index in [9.17, 15) is 9.90 Å². The Bertz CT molecular complexity index is 484. The van der Waals surface area contributed by atoms with Crippen LogP contribution in [-0.2, 0) is 5.04 Å². The molecule has 0 saturated carbocycles. The molecule has 0 aliphatic rings. The van der Waals surface area contributed by atoms with Crippen LogP contribution in [0.1, 0.15) is 22.0 Å². The van der Waals surface area contributed by atoms with E-state index in [1.54, 1.807) is 48.5 Å². The van der Waals surface area contributed by atoms with Crippen LogP contribution in [-0.4, -0.2) is 21.4 Å². The minimum atomic E-state index is -1.08. The molecule has 1 atom stereocenters. The van der Waals surface area contributed by atoms with Crippen LogP contribution < -0.4 is 0 Å². The molecule has 0 spiro atoms. The molecule has 0 radical (unpaired) electrons. The molecule has 5 nitrogen and oxygen atoms in total. The molecule has 0 amide bonds. The SMILES string of the molecule is O=C(c1ccccc1)C(O)c1ccccc1.OOO. The van der Waals surface area contributed by atoms with Crippen LogP contribution in [0.5, 0.6) is 0 Å². The Labute approximate surface area is 110 Å². The molecule has 100 valence electrons. The molecule has 5 heteroatoms. The number of carbonyl (C=O) groups is 1. The Morgan fingerprint density at radius 1 is 0.895 bits per heavy atom. The average molecular weight is 262 g/mol. The van der Waals surface area contributed by atoms with Crippen molar-refractivity contribution in [3.05, 3.63) is 71.8 Å². The van der Waals surface area contributed by atoms with Crippen molar-refractivity contribution in [1.82, 2.24) is 0 Å². The summed E-state index contributed by atoms with van der Waals surface area (Å²) < 4.78 is 0. The molecule has 2 rings (SSSR count). The predicted molar refractivity (Wildman–Crippen MR) is 68.5 cm³/mol. The van der Waals surface area contributed by atoms with Gasteiger partial charge in [0.25, 0.3) is 0 Å². The van der Waals surface area contributed by atoms with Gasteiger partial charge in [-0.2, -0.15) is 0 Å². The van der Waals surface area contributed by atoms with Crippen molar-refractivity contribution >= 4 is 5.78 Å². The first-order chi connectivity index (χ1) is 9.20. The Hall–Kier alpha value is -2.05. The number of hydrogen-bond donors (Lipinski definition) is 3. The summed E-state index contributed by atoms with van der Waals surface area (Å²) in [5, 5.41) is 25.4. The molecule has 3 N–H and O–H groups in total. The smallest absolute Gasteiger partial charge is 0.195 e. The Kier molecular flexibility index (Phi) is 6.42. The number of Topliss-reactive ketones (excluding diaryl/α,β-unsaturated/α-hetero) is 1. The summed E-state index contributed by atoms with van der Waals surface area (Å²) in [4.78, 5) is 11.9. The van der Waals surface area contributed by atoms with Crippen molar-refractivity contribution in [3.63, 3.8) is 0 Å². The molecule has 0 saturated heterocycles. The van der Waals surface area contributed by atoms with Crippen LogP contribution in [0.2, 0.25) is 0 Å². The van der Waals surface area contributed by atoms with Gasteiger partial charge in [-0.05, 0) is 5.56 Å². The fraction of sp³-hybridized carbons (Fsp3) is 0.0714. The molecule has 0 aromatic heterocycles. The highest BCUT2D eigenvalue weighted by Gasteiger charge is 2.18. The van der Waals surface area contributed by atoms with E-state index < -0.39 is 6.10 Å². The van der Waals surface area contributed by atoms with Crippen LogP contribution in [0.3, 0.4) is 0 Å². The van der Waals surface area contributed by atoms with E-state index in [0.717, 1.165) is 0 Å². The van der Waals surface area contributed by atoms with E-state index in [-0.39, 0.29) is 5.78 Å². The van der Waals surface area contributed by atoms with Crippen molar-refractivity contribution in [2.75, 3.05) is 0 Å². The van der Waals surface area contributed by atoms with Gasteiger partial charge in [0.15, 0.2) is 5.78 Å². The third-order valence-electron chi connectivity index (χ3n) is 2.42. The van der Waals surface area contributed by atoms with E-state index in [4.69, 9.17) is 10.5 Å². The fourth-order valence-electron chi connectivity index (χ4n) is 1.55. The quantitative estimate of drug-likeness (QED) is 0.449. The van der Waals surface area contributed by atoms with Crippen LogP contribution in [0, 0.1) is 0 Å². The number of benzene rings is 2. The molecule has 0 aliphatic carbocycles. The maximum absolute atomic E-state index is 11.9. The van der Waals surface area contributed by atoms with Gasteiger partial charge >= 0.3 is 0 Å². The first-order valence-corrected chi connectivity index (χ1v) is 5.48. The molecule has 1 unspecified atom stereocenters. The largest absolute Gasteiger partial charge is 0.380 e. The van der Waals surface area contributed by atoms with Crippen LogP contribution in [0.25, 0.3) is 0 Å². The van der Waals surface area contributed by atoms with E-state index in [1.807, 2.05) is 12.1 Å². The maximum atomic E-state index is 11.9. The normalized spacial score (nSPS) is 11.1. The van der Waals surface area contributed by atoms with Gasteiger partial charge in [-0.3, -0.25) is 4.79 Å². The number of hydrogen-bond acceptors (Lipinski definition) is 5. The number of ketones is 1. The van der Waals surface area contributed by atoms with Gasteiger partial charge in [-0.1, -0.05) is 65.7 Å². The van der Waals surface area contributed by atoms with Gasteiger partial charge in [-0.15, -0.1) is 0 Å². The lowest BCUT2D eigenvalue weighted by molar-refractivity contribution is -0.465. The second-order valence-corrected chi connectivity index (χ2v) is 3.63. The zero-order valence-corrected chi connectivity index (χ0v) is 10.0. The van der Waals surface area contributed by atoms with Crippen LogP contribution >= 0.6 is 0 Å². The third kappa shape index (κ3) is 4.61. The van der Waals surface area contributed by atoms with Gasteiger partial charge in [-0.25, -0.2) is 10.5 Å². The second-order valence-electron chi connectivity index (χ2n) is 3.63. The van der Waals surface area contributed by atoms with Gasteiger partial charge in [0, 0.05) is 5.56 Å². The summed E-state index contributed by atoms with van der Waals surface area (Å²) in [6.07, 6.45) is -1.08. The minimum Gasteiger partial charge on any atom is -0.380 e. The Morgan fingerprint density at radius 3 is 1.79 bits per heavy atom. The Morgan fingerprint density at radius 2 is 1.32 bits per heavy atom. The monoisotopic (exact) mass is 262 g/mol. The van der Waals surface area contributed by atoms with E-state index in [2.05, 4.69) is 5.04 Å². The van der Waals surface area contributed by atoms with E-state index >= 15 is 0 Å². The number of aliphatic hydroxyl groups excluding tert-OH is 1. The molecule has 0 fully saturated rings. The van der Waals surface area contributed by atoms with Crippen LogP contribution in [0.4, 0.5) is 0 Å². The molecule has 0 heterocycles. The average Bonchev–Trinajstić information content (AvgIpc) is 2.48. The standard InChI is InChI=1S/C14H12O2.H2O3/c15-13(11-7-3-1-4-8-11)14(16)12-9-5-2-6-10-12;1-3-2/h1-10,13,15H;1-2H. The summed E-state index contributed by atoms with van der Waals surface area (Å²) in [7, 11) is 0. The molecule has 0 bridgehead atoms. The molecular weight excluding hydrogens is 248 g/mol. The summed E-state index contributed by atoms with van der Waals surface area (Å²) in [6, 6.07) is 17.7.